The molecule has 0 bridgehead atoms. The molecule has 1 aliphatic heterocycles. The molecule has 30 heavy (non-hydrogen) atoms. The first-order valence-electron chi connectivity index (χ1n) is 11.0. The minimum Gasteiger partial charge on any atom is -0.377 e. The highest BCUT2D eigenvalue weighted by atomic mass is 127. The van der Waals surface area contributed by atoms with Gasteiger partial charge in [0.15, 0.2) is 5.96 Å². The topological polar surface area (TPSA) is 52.1 Å². The Morgan fingerprint density at radius 1 is 1.30 bits per heavy atom. The summed E-state index contributed by atoms with van der Waals surface area (Å²) >= 11 is 0. The van der Waals surface area contributed by atoms with Crippen LogP contribution >= 0.6 is 24.0 Å². The lowest BCUT2D eigenvalue weighted by Gasteiger charge is -2.38. The summed E-state index contributed by atoms with van der Waals surface area (Å²) in [6.45, 7) is 9.07. The molecule has 0 amide bonds. The van der Waals surface area contributed by atoms with Crippen molar-refractivity contribution in [2.24, 2.45) is 4.99 Å². The molecule has 2 N–H and O–H groups in total. The molecule has 0 aliphatic carbocycles. The summed E-state index contributed by atoms with van der Waals surface area (Å²) in [5.41, 5.74) is 1.39. The summed E-state index contributed by atoms with van der Waals surface area (Å²) in [4.78, 5) is 9.21. The number of rotatable bonds is 10. The predicted molar refractivity (Wildman–Crippen MR) is 138 cm³/mol. The molecule has 1 aliphatic rings. The summed E-state index contributed by atoms with van der Waals surface area (Å²) in [5.74, 6) is 0.883. The maximum Gasteiger partial charge on any atom is 0.191 e. The fourth-order valence-corrected chi connectivity index (χ4v) is 3.89. The van der Waals surface area contributed by atoms with Gasteiger partial charge >= 0.3 is 0 Å². The Labute approximate surface area is 200 Å². The smallest absolute Gasteiger partial charge is 0.191 e. The van der Waals surface area contributed by atoms with Gasteiger partial charge in [-0.1, -0.05) is 30.3 Å². The van der Waals surface area contributed by atoms with Crippen LogP contribution in [0.4, 0.5) is 0 Å². The first kappa shape index (κ1) is 27.1. The van der Waals surface area contributed by atoms with Crippen molar-refractivity contribution in [3.8, 4) is 0 Å². The molecule has 3 unspecified atom stereocenters. The van der Waals surface area contributed by atoms with E-state index in [0.29, 0.717) is 12.1 Å². The highest BCUT2D eigenvalue weighted by molar-refractivity contribution is 14.0. The van der Waals surface area contributed by atoms with Gasteiger partial charge in [0.05, 0.1) is 6.10 Å². The van der Waals surface area contributed by atoms with Crippen LogP contribution in [0.25, 0.3) is 0 Å². The van der Waals surface area contributed by atoms with E-state index in [1.54, 1.807) is 0 Å². The number of likely N-dealkylation sites (tertiary alicyclic amines) is 1. The summed E-state index contributed by atoms with van der Waals surface area (Å²) in [7, 11) is 6.04. The third kappa shape index (κ3) is 9.94. The molecular formula is C23H42IN5O. The van der Waals surface area contributed by atoms with Crippen LogP contribution in [0.3, 0.4) is 0 Å². The average Bonchev–Trinajstić information content (AvgIpc) is 2.71. The third-order valence-corrected chi connectivity index (χ3v) is 5.60. The van der Waals surface area contributed by atoms with Gasteiger partial charge in [-0.05, 0) is 52.8 Å². The van der Waals surface area contributed by atoms with E-state index in [1.807, 2.05) is 7.05 Å². The molecule has 172 valence electrons. The highest BCUT2D eigenvalue weighted by Gasteiger charge is 2.26. The molecule has 6 nitrogen and oxygen atoms in total. The Kier molecular flexibility index (Phi) is 13.6. The second-order valence-corrected chi connectivity index (χ2v) is 8.29. The van der Waals surface area contributed by atoms with Crippen molar-refractivity contribution in [3.63, 3.8) is 0 Å². The molecule has 1 saturated heterocycles. The van der Waals surface area contributed by atoms with Gasteiger partial charge in [0.1, 0.15) is 0 Å². The Morgan fingerprint density at radius 3 is 2.63 bits per heavy atom. The molecule has 1 aromatic carbocycles. The van der Waals surface area contributed by atoms with Crippen LogP contribution in [0.5, 0.6) is 0 Å². The van der Waals surface area contributed by atoms with Crippen molar-refractivity contribution in [2.75, 3.05) is 47.4 Å². The number of nitrogens with zero attached hydrogens (tertiary/aromatic N) is 3. The number of nitrogens with one attached hydrogen (secondary N) is 2. The first-order valence-corrected chi connectivity index (χ1v) is 11.0. The monoisotopic (exact) mass is 531 g/mol. The van der Waals surface area contributed by atoms with E-state index in [0.717, 1.165) is 58.0 Å². The van der Waals surface area contributed by atoms with Crippen molar-refractivity contribution in [1.82, 2.24) is 20.4 Å². The second-order valence-electron chi connectivity index (χ2n) is 8.29. The molecular weight excluding hydrogens is 489 g/mol. The number of halogens is 1. The zero-order valence-electron chi connectivity index (χ0n) is 19.4. The van der Waals surface area contributed by atoms with Gasteiger partial charge in [-0.3, -0.25) is 9.89 Å². The number of benzene rings is 1. The minimum atomic E-state index is 0. The van der Waals surface area contributed by atoms with Gasteiger partial charge in [-0.15, -0.1) is 24.0 Å². The Morgan fingerprint density at radius 2 is 2.03 bits per heavy atom. The van der Waals surface area contributed by atoms with E-state index in [1.165, 1.54) is 5.56 Å². The molecule has 0 spiro atoms. The number of aliphatic imine (C=N–C) groups is 1. The third-order valence-electron chi connectivity index (χ3n) is 5.60. The van der Waals surface area contributed by atoms with Crippen molar-refractivity contribution in [3.05, 3.63) is 35.9 Å². The quantitative estimate of drug-likeness (QED) is 0.276. The van der Waals surface area contributed by atoms with E-state index < -0.39 is 0 Å². The van der Waals surface area contributed by atoms with Gasteiger partial charge in [0, 0.05) is 51.9 Å². The summed E-state index contributed by atoms with van der Waals surface area (Å²) in [6, 6.07) is 11.8. The Hall–Kier alpha value is -0.900. The molecule has 1 fully saturated rings. The van der Waals surface area contributed by atoms with Gasteiger partial charge in [0.2, 0.25) is 0 Å². The van der Waals surface area contributed by atoms with Crippen molar-refractivity contribution < 1.29 is 4.74 Å². The maximum absolute atomic E-state index is 5.89. The van der Waals surface area contributed by atoms with Crippen LogP contribution in [0.2, 0.25) is 0 Å². The normalized spacial score (nSPS) is 21.2. The lowest BCUT2D eigenvalue weighted by Crippen LogP contribution is -2.52. The van der Waals surface area contributed by atoms with Gasteiger partial charge in [-0.2, -0.15) is 0 Å². The fourth-order valence-electron chi connectivity index (χ4n) is 3.89. The first-order chi connectivity index (χ1) is 14.0. The average molecular weight is 532 g/mol. The predicted octanol–water partition coefficient (Wildman–Crippen LogP) is 3.18. The summed E-state index contributed by atoms with van der Waals surface area (Å²) < 4.78 is 5.89. The number of hydrogen-bond donors (Lipinski definition) is 2. The lowest BCUT2D eigenvalue weighted by molar-refractivity contribution is 0.0547. The van der Waals surface area contributed by atoms with Gasteiger partial charge in [0.25, 0.3) is 0 Å². The van der Waals surface area contributed by atoms with Crippen LogP contribution in [0.1, 0.15) is 38.7 Å². The van der Waals surface area contributed by atoms with E-state index in [-0.39, 0.29) is 30.1 Å². The number of hydrogen-bond acceptors (Lipinski definition) is 4. The fraction of sp³-hybridized carbons (Fsp3) is 0.696. The van der Waals surface area contributed by atoms with Crippen LogP contribution in [-0.2, 0) is 11.3 Å². The number of ether oxygens (including phenoxy) is 1. The SMILES string of the molecule is CCOC(CCN(C)C)CNC(=NC)NC1CCN(Cc2ccccc2)C(C)C1.I. The molecule has 7 heteroatoms. The van der Waals surface area contributed by atoms with Crippen LogP contribution in [-0.4, -0.2) is 81.3 Å². The minimum absolute atomic E-state index is 0. The molecule has 0 aromatic heterocycles. The summed E-state index contributed by atoms with van der Waals surface area (Å²) in [6.07, 6.45) is 3.48. The van der Waals surface area contributed by atoms with Crippen molar-refractivity contribution >= 4 is 29.9 Å². The standard InChI is InChI=1S/C23H41N5O.HI/c1-6-29-22(13-14-27(4)5)17-25-23(24-3)26-21-12-15-28(19(2)16-21)18-20-10-8-7-9-11-20;/h7-11,19,21-22H,6,12-18H2,1-5H3,(H2,24,25,26);1H. The van der Waals surface area contributed by atoms with E-state index in [2.05, 4.69) is 83.7 Å². The molecule has 1 aromatic rings. The zero-order chi connectivity index (χ0) is 21.1. The Bertz CT molecular complexity index is 599. The van der Waals surface area contributed by atoms with Crippen LogP contribution < -0.4 is 10.6 Å². The van der Waals surface area contributed by atoms with Crippen molar-refractivity contribution in [1.29, 1.82) is 0 Å². The van der Waals surface area contributed by atoms with Crippen molar-refractivity contribution in [2.45, 2.75) is 57.8 Å². The van der Waals surface area contributed by atoms with E-state index in [4.69, 9.17) is 4.74 Å². The van der Waals surface area contributed by atoms with Gasteiger partial charge in [-0.25, -0.2) is 0 Å². The van der Waals surface area contributed by atoms with E-state index >= 15 is 0 Å². The van der Waals surface area contributed by atoms with E-state index in [9.17, 15) is 0 Å². The molecule has 1 heterocycles. The Balaban J connectivity index is 0.00000450. The molecule has 3 atom stereocenters. The number of piperidine rings is 1. The highest BCUT2D eigenvalue weighted by Crippen LogP contribution is 2.19. The largest absolute Gasteiger partial charge is 0.377 e. The second kappa shape index (κ2) is 15.0. The molecule has 0 saturated carbocycles. The molecule has 2 rings (SSSR count). The molecule has 0 radical (unpaired) electrons. The maximum atomic E-state index is 5.89. The zero-order valence-corrected chi connectivity index (χ0v) is 21.8. The van der Waals surface area contributed by atoms with Crippen LogP contribution in [0, 0.1) is 0 Å². The van der Waals surface area contributed by atoms with Gasteiger partial charge < -0.3 is 20.3 Å². The number of guanidine groups is 1. The van der Waals surface area contributed by atoms with Crippen LogP contribution in [0.15, 0.2) is 35.3 Å². The summed E-state index contributed by atoms with van der Waals surface area (Å²) in [5, 5.41) is 7.10. The lowest BCUT2D eigenvalue weighted by atomic mass is 9.97.